The fourth-order valence-electron chi connectivity index (χ4n) is 5.05. The van der Waals surface area contributed by atoms with Crippen LogP contribution in [0.15, 0.2) is 101 Å². The Balaban J connectivity index is 1.20. The lowest BCUT2D eigenvalue weighted by molar-refractivity contribution is -0.139. The van der Waals surface area contributed by atoms with E-state index < -0.39 is 23.9 Å². The van der Waals surface area contributed by atoms with Gasteiger partial charge in [-0.15, -0.1) is 0 Å². The summed E-state index contributed by atoms with van der Waals surface area (Å²) in [6.45, 7) is 3.55. The van der Waals surface area contributed by atoms with Gasteiger partial charge in [-0.1, -0.05) is 60.7 Å². The van der Waals surface area contributed by atoms with E-state index in [0.717, 1.165) is 16.3 Å². The number of methoxy groups -OCH3 is 1. The second-order valence-corrected chi connectivity index (χ2v) is 10.2. The highest BCUT2D eigenvalue weighted by Crippen LogP contribution is 2.34. The molecule has 0 radical (unpaired) electrons. The Morgan fingerprint density at radius 3 is 2.54 bits per heavy atom. The zero-order valence-electron chi connectivity index (χ0n) is 25.7. The molecule has 0 spiro atoms. The molecule has 46 heavy (non-hydrogen) atoms. The number of carbonyl (C=O) groups is 3. The van der Waals surface area contributed by atoms with Crippen LogP contribution in [0.4, 0.5) is 4.79 Å². The van der Waals surface area contributed by atoms with Gasteiger partial charge in [-0.25, -0.2) is 15.0 Å². The number of allylic oxidation sites excluding steroid dienone is 1. The molecule has 0 aliphatic carbocycles. The van der Waals surface area contributed by atoms with Gasteiger partial charge in [0.05, 0.1) is 31.5 Å². The molecule has 3 N–H and O–H groups in total. The van der Waals surface area contributed by atoms with E-state index in [1.165, 1.54) is 13.3 Å². The minimum absolute atomic E-state index is 0.185. The fourth-order valence-corrected chi connectivity index (χ4v) is 5.05. The molecule has 4 aromatic carbocycles. The minimum atomic E-state index is -0.771. The molecule has 1 aliphatic rings. The van der Waals surface area contributed by atoms with Crippen molar-refractivity contribution in [2.75, 3.05) is 20.3 Å². The van der Waals surface area contributed by atoms with Gasteiger partial charge in [-0.2, -0.15) is 5.10 Å². The normalized spacial score (nSPS) is 14.4. The fraction of sp³-hybridized carbons (Fsp3) is 0.200. The first-order valence-electron chi connectivity index (χ1n) is 14.6. The lowest BCUT2D eigenvalue weighted by Crippen LogP contribution is -2.45. The number of urea groups is 1. The number of nitrogens with one attached hydrogen (secondary N) is 3. The summed E-state index contributed by atoms with van der Waals surface area (Å²) in [5.74, 6) is 0.171. The van der Waals surface area contributed by atoms with Crippen molar-refractivity contribution in [3.05, 3.63) is 113 Å². The van der Waals surface area contributed by atoms with E-state index in [9.17, 15) is 14.4 Å². The largest absolute Gasteiger partial charge is 0.493 e. The van der Waals surface area contributed by atoms with E-state index in [2.05, 4.69) is 39.4 Å². The summed E-state index contributed by atoms with van der Waals surface area (Å²) in [6, 6.07) is 25.3. The third-order valence-corrected chi connectivity index (χ3v) is 7.22. The molecule has 0 unspecified atom stereocenters. The number of hydrogen-bond acceptors (Lipinski definition) is 8. The number of ether oxygens (including phenoxy) is 4. The first-order chi connectivity index (χ1) is 22.4. The number of para-hydroxylation sites is 1. The number of hydrogen-bond donors (Lipinski definition) is 3. The Hall–Kier alpha value is -5.84. The van der Waals surface area contributed by atoms with E-state index in [-0.39, 0.29) is 24.5 Å². The van der Waals surface area contributed by atoms with Crippen LogP contribution in [0.2, 0.25) is 0 Å². The molecule has 11 nitrogen and oxygen atoms in total. The number of fused-ring (bicyclic) bond motifs is 1. The molecule has 3 amide bonds. The van der Waals surface area contributed by atoms with Gasteiger partial charge >= 0.3 is 12.0 Å². The predicted octanol–water partition coefficient (Wildman–Crippen LogP) is 5.15. The zero-order valence-corrected chi connectivity index (χ0v) is 25.7. The highest BCUT2D eigenvalue weighted by Gasteiger charge is 2.32. The van der Waals surface area contributed by atoms with E-state index in [1.54, 1.807) is 32.0 Å². The highest BCUT2D eigenvalue weighted by atomic mass is 16.5. The van der Waals surface area contributed by atoms with Crippen molar-refractivity contribution in [1.29, 1.82) is 0 Å². The Labute approximate surface area is 266 Å². The van der Waals surface area contributed by atoms with Crippen molar-refractivity contribution in [3.63, 3.8) is 0 Å². The molecule has 1 heterocycles. The second kappa shape index (κ2) is 14.8. The van der Waals surface area contributed by atoms with Crippen LogP contribution in [0.1, 0.15) is 36.6 Å². The Bertz CT molecular complexity index is 1810. The standard InChI is InChI=1S/C35H34N4O7/c1-4-44-34(41)32-22(2)37-35(42)38-33(32)24-16-17-29(30(18-24)43-3)46-21-31(40)39-36-19-25-11-6-8-15-28(25)45-20-26-13-9-12-23-10-5-7-14-27(23)26/h5-19,33H,4,20-21H2,1-3H3,(H,39,40)(H2,37,38,42)/b36-19+/t33-/m0/s1. The first kappa shape index (κ1) is 31.6. The van der Waals surface area contributed by atoms with Gasteiger partial charge in [0.15, 0.2) is 18.1 Å². The molecule has 0 fully saturated rings. The molecule has 0 aromatic heterocycles. The van der Waals surface area contributed by atoms with Gasteiger partial charge in [-0.3, -0.25) is 4.79 Å². The Kier molecular flexibility index (Phi) is 10.1. The number of nitrogens with zero attached hydrogens (tertiary/aromatic N) is 1. The maximum Gasteiger partial charge on any atom is 0.338 e. The number of amides is 3. The molecule has 5 rings (SSSR count). The Morgan fingerprint density at radius 2 is 1.72 bits per heavy atom. The number of esters is 1. The minimum Gasteiger partial charge on any atom is -0.493 e. The summed E-state index contributed by atoms with van der Waals surface area (Å²) in [7, 11) is 1.45. The molecule has 0 saturated heterocycles. The lowest BCUT2D eigenvalue weighted by atomic mass is 9.95. The van der Waals surface area contributed by atoms with Crippen LogP contribution in [-0.4, -0.2) is 44.4 Å². The quantitative estimate of drug-likeness (QED) is 0.113. The van der Waals surface area contributed by atoms with Gasteiger partial charge in [0, 0.05) is 11.3 Å². The number of hydrazone groups is 1. The van der Waals surface area contributed by atoms with Crippen LogP contribution < -0.4 is 30.3 Å². The van der Waals surface area contributed by atoms with Crippen molar-refractivity contribution in [2.24, 2.45) is 5.10 Å². The smallest absolute Gasteiger partial charge is 0.338 e. The molecule has 1 atom stereocenters. The van der Waals surface area contributed by atoms with E-state index >= 15 is 0 Å². The van der Waals surface area contributed by atoms with Crippen molar-refractivity contribution >= 4 is 34.9 Å². The number of rotatable bonds is 12. The molecule has 4 aromatic rings. The topological polar surface area (TPSA) is 137 Å². The summed E-state index contributed by atoms with van der Waals surface area (Å²) in [5, 5.41) is 11.7. The lowest BCUT2D eigenvalue weighted by Gasteiger charge is -2.28. The molecular formula is C35H34N4O7. The van der Waals surface area contributed by atoms with E-state index in [1.807, 2.05) is 48.5 Å². The molecule has 1 aliphatic heterocycles. The van der Waals surface area contributed by atoms with E-state index in [4.69, 9.17) is 18.9 Å². The number of benzene rings is 4. The average Bonchev–Trinajstić information content (AvgIpc) is 3.06. The van der Waals surface area contributed by atoms with Crippen LogP contribution in [0.25, 0.3) is 10.8 Å². The SMILES string of the molecule is CCOC(=O)C1=C(C)NC(=O)N[C@H]1c1ccc(OCC(=O)N/N=C/c2ccccc2OCc2cccc3ccccc23)c(OC)c1. The molecule has 0 bridgehead atoms. The van der Waals surface area contributed by atoms with Crippen LogP contribution >= 0.6 is 0 Å². The van der Waals surface area contributed by atoms with Gasteiger partial charge in [0.1, 0.15) is 12.4 Å². The first-order valence-corrected chi connectivity index (χ1v) is 14.6. The van der Waals surface area contributed by atoms with Gasteiger partial charge in [0.2, 0.25) is 0 Å². The van der Waals surface area contributed by atoms with Crippen molar-refractivity contribution in [1.82, 2.24) is 16.1 Å². The Morgan fingerprint density at radius 1 is 0.935 bits per heavy atom. The van der Waals surface area contributed by atoms with Crippen molar-refractivity contribution in [2.45, 2.75) is 26.5 Å². The number of carbonyl (C=O) groups excluding carboxylic acids is 3. The van der Waals surface area contributed by atoms with Crippen molar-refractivity contribution < 1.29 is 33.3 Å². The predicted molar refractivity (Wildman–Crippen MR) is 173 cm³/mol. The maximum absolute atomic E-state index is 12.6. The highest BCUT2D eigenvalue weighted by molar-refractivity contribution is 5.95. The summed E-state index contributed by atoms with van der Waals surface area (Å²) < 4.78 is 22.5. The molecular weight excluding hydrogens is 588 g/mol. The summed E-state index contributed by atoms with van der Waals surface area (Å²) in [6.07, 6.45) is 1.51. The van der Waals surface area contributed by atoms with Crippen LogP contribution in [0.5, 0.6) is 17.2 Å². The van der Waals surface area contributed by atoms with Gasteiger partial charge in [0.25, 0.3) is 5.91 Å². The zero-order chi connectivity index (χ0) is 32.5. The van der Waals surface area contributed by atoms with Crippen molar-refractivity contribution in [3.8, 4) is 17.2 Å². The monoisotopic (exact) mass is 622 g/mol. The molecule has 236 valence electrons. The summed E-state index contributed by atoms with van der Waals surface area (Å²) >= 11 is 0. The van der Waals surface area contributed by atoms with E-state index in [0.29, 0.717) is 34.9 Å². The molecule has 11 heteroatoms. The van der Waals surface area contributed by atoms with Gasteiger partial charge in [-0.05, 0) is 60.0 Å². The van der Waals surface area contributed by atoms with Crippen LogP contribution in [0.3, 0.4) is 0 Å². The maximum atomic E-state index is 12.6. The average molecular weight is 623 g/mol. The van der Waals surface area contributed by atoms with Gasteiger partial charge < -0.3 is 29.6 Å². The second-order valence-electron chi connectivity index (χ2n) is 10.2. The summed E-state index contributed by atoms with van der Waals surface area (Å²) in [5.41, 5.74) is 5.45. The molecule has 0 saturated carbocycles. The third-order valence-electron chi connectivity index (χ3n) is 7.22. The third kappa shape index (κ3) is 7.44. The van der Waals surface area contributed by atoms with Crippen LogP contribution in [0, 0.1) is 0 Å². The van der Waals surface area contributed by atoms with Crippen LogP contribution in [-0.2, 0) is 20.9 Å². The summed E-state index contributed by atoms with van der Waals surface area (Å²) in [4.78, 5) is 37.4.